The van der Waals surface area contributed by atoms with Crippen LogP contribution in [-0.2, 0) is 11.3 Å². The molecule has 2 rings (SSSR count). The lowest BCUT2D eigenvalue weighted by Crippen LogP contribution is -2.37. The Bertz CT molecular complexity index is 379. The zero-order chi connectivity index (χ0) is 14.2. The number of hydrogen-bond acceptors (Lipinski definition) is 3. The number of ether oxygens (including phenoxy) is 1. The van der Waals surface area contributed by atoms with E-state index >= 15 is 0 Å². The van der Waals surface area contributed by atoms with E-state index in [2.05, 4.69) is 48.3 Å². The molecule has 0 aliphatic carbocycles. The third-order valence-electron chi connectivity index (χ3n) is 3.91. The number of nitrogens with zero attached hydrogens (tertiary/aromatic N) is 1. The second-order valence-corrected chi connectivity index (χ2v) is 5.88. The van der Waals surface area contributed by atoms with Gasteiger partial charge < -0.3 is 10.1 Å². The van der Waals surface area contributed by atoms with Crippen LogP contribution in [0.2, 0.25) is 0 Å². The van der Waals surface area contributed by atoms with Crippen molar-refractivity contribution in [3.63, 3.8) is 0 Å². The number of morpholine rings is 1. The van der Waals surface area contributed by atoms with Crippen molar-refractivity contribution in [2.75, 3.05) is 39.4 Å². The molecule has 0 radical (unpaired) electrons. The molecular formula is C17H30Cl2N2O. The Hall–Kier alpha value is -0.320. The molecule has 0 saturated carbocycles. The molecule has 22 heavy (non-hydrogen) atoms. The summed E-state index contributed by atoms with van der Waals surface area (Å²) in [6.07, 6.45) is 1.21. The molecule has 1 aromatic rings. The van der Waals surface area contributed by atoms with E-state index in [-0.39, 0.29) is 24.8 Å². The Morgan fingerprint density at radius 2 is 1.73 bits per heavy atom. The molecule has 3 nitrogen and oxygen atoms in total. The molecule has 0 spiro atoms. The van der Waals surface area contributed by atoms with Crippen molar-refractivity contribution >= 4 is 24.8 Å². The highest BCUT2D eigenvalue weighted by Gasteiger charge is 2.08. The van der Waals surface area contributed by atoms with Crippen molar-refractivity contribution in [3.8, 4) is 0 Å². The molecule has 1 saturated heterocycles. The van der Waals surface area contributed by atoms with Gasteiger partial charge in [0.15, 0.2) is 0 Å². The minimum Gasteiger partial charge on any atom is -0.379 e. The third kappa shape index (κ3) is 7.80. The van der Waals surface area contributed by atoms with Crippen molar-refractivity contribution < 1.29 is 4.74 Å². The summed E-state index contributed by atoms with van der Waals surface area (Å²) in [4.78, 5) is 2.49. The Labute approximate surface area is 147 Å². The number of nitrogens with one attached hydrogen (secondary N) is 1. The lowest BCUT2D eigenvalue weighted by molar-refractivity contribution is 0.0374. The predicted octanol–water partition coefficient (Wildman–Crippen LogP) is 3.47. The van der Waals surface area contributed by atoms with Crippen LogP contribution in [0, 0.1) is 0 Å². The fourth-order valence-electron chi connectivity index (χ4n) is 2.51. The van der Waals surface area contributed by atoms with Gasteiger partial charge in [-0.25, -0.2) is 0 Å². The monoisotopic (exact) mass is 348 g/mol. The van der Waals surface area contributed by atoms with Crippen molar-refractivity contribution in [2.45, 2.75) is 32.7 Å². The molecule has 5 heteroatoms. The summed E-state index contributed by atoms with van der Waals surface area (Å²) >= 11 is 0. The summed E-state index contributed by atoms with van der Waals surface area (Å²) in [6, 6.07) is 8.97. The second kappa shape index (κ2) is 12.1. The summed E-state index contributed by atoms with van der Waals surface area (Å²) in [5, 5.41) is 3.53. The first-order chi connectivity index (χ1) is 9.75. The van der Waals surface area contributed by atoms with E-state index in [1.807, 2.05) is 0 Å². The quantitative estimate of drug-likeness (QED) is 0.763. The van der Waals surface area contributed by atoms with E-state index in [9.17, 15) is 0 Å². The molecule has 1 fully saturated rings. The zero-order valence-corrected chi connectivity index (χ0v) is 15.3. The topological polar surface area (TPSA) is 24.5 Å². The van der Waals surface area contributed by atoms with Crippen molar-refractivity contribution in [1.29, 1.82) is 0 Å². The molecule has 0 amide bonds. The van der Waals surface area contributed by atoms with Gasteiger partial charge in [-0.1, -0.05) is 38.1 Å². The lowest BCUT2D eigenvalue weighted by atomic mass is 10.0. The maximum Gasteiger partial charge on any atom is 0.0594 e. The first kappa shape index (κ1) is 21.7. The molecule has 1 aliphatic heterocycles. The predicted molar refractivity (Wildman–Crippen MR) is 98.6 cm³/mol. The first-order valence-corrected chi connectivity index (χ1v) is 7.85. The van der Waals surface area contributed by atoms with Crippen LogP contribution in [0.15, 0.2) is 24.3 Å². The molecular weight excluding hydrogens is 319 g/mol. The van der Waals surface area contributed by atoms with Crippen LogP contribution in [0.1, 0.15) is 37.3 Å². The fourth-order valence-corrected chi connectivity index (χ4v) is 2.51. The number of benzene rings is 1. The smallest absolute Gasteiger partial charge is 0.0594 e. The van der Waals surface area contributed by atoms with E-state index in [0.717, 1.165) is 39.4 Å². The van der Waals surface area contributed by atoms with Gasteiger partial charge in [-0.15, -0.1) is 24.8 Å². The second-order valence-electron chi connectivity index (χ2n) is 5.88. The van der Waals surface area contributed by atoms with Crippen LogP contribution < -0.4 is 5.32 Å². The Morgan fingerprint density at radius 1 is 1.09 bits per heavy atom. The van der Waals surface area contributed by atoms with Crippen molar-refractivity contribution in [3.05, 3.63) is 35.4 Å². The molecule has 128 valence electrons. The standard InChI is InChI=1S/C17H28N2O.2ClH/c1-15(2)17-6-4-16(5-7-17)14-18-8-3-9-19-10-12-20-13-11-19;;/h4-7,15,18H,3,8-14H2,1-2H3;2*1H. The van der Waals surface area contributed by atoms with Crippen LogP contribution in [0.25, 0.3) is 0 Å². The van der Waals surface area contributed by atoms with E-state index in [4.69, 9.17) is 4.74 Å². The number of rotatable bonds is 7. The van der Waals surface area contributed by atoms with Gasteiger partial charge in [0.1, 0.15) is 0 Å². The molecule has 0 bridgehead atoms. The maximum absolute atomic E-state index is 5.35. The summed E-state index contributed by atoms with van der Waals surface area (Å²) in [5.41, 5.74) is 2.79. The van der Waals surface area contributed by atoms with Gasteiger partial charge in [-0.05, 0) is 36.6 Å². The van der Waals surface area contributed by atoms with Gasteiger partial charge in [-0.3, -0.25) is 4.90 Å². The largest absolute Gasteiger partial charge is 0.379 e. The van der Waals surface area contributed by atoms with Crippen molar-refractivity contribution in [2.24, 2.45) is 0 Å². The van der Waals surface area contributed by atoms with Gasteiger partial charge in [0.2, 0.25) is 0 Å². The van der Waals surface area contributed by atoms with E-state index in [1.165, 1.54) is 24.1 Å². The van der Waals surface area contributed by atoms with E-state index < -0.39 is 0 Å². The van der Waals surface area contributed by atoms with Crippen LogP contribution in [0.3, 0.4) is 0 Å². The van der Waals surface area contributed by atoms with E-state index in [1.54, 1.807) is 0 Å². The minimum absolute atomic E-state index is 0. The number of hydrogen-bond donors (Lipinski definition) is 1. The Morgan fingerprint density at radius 3 is 2.32 bits per heavy atom. The van der Waals surface area contributed by atoms with E-state index in [0.29, 0.717) is 5.92 Å². The van der Waals surface area contributed by atoms with Gasteiger partial charge in [-0.2, -0.15) is 0 Å². The number of halogens is 2. The molecule has 1 aliphatic rings. The Kier molecular flexibility index (Phi) is 12.0. The average molecular weight is 349 g/mol. The normalized spacial score (nSPS) is 15.2. The molecule has 0 aromatic heterocycles. The molecule has 1 heterocycles. The lowest BCUT2D eigenvalue weighted by Gasteiger charge is -2.26. The van der Waals surface area contributed by atoms with Gasteiger partial charge in [0.25, 0.3) is 0 Å². The maximum atomic E-state index is 5.35. The van der Waals surface area contributed by atoms with Crippen molar-refractivity contribution in [1.82, 2.24) is 10.2 Å². The minimum atomic E-state index is 0. The molecule has 0 unspecified atom stereocenters. The summed E-state index contributed by atoms with van der Waals surface area (Å²) in [7, 11) is 0. The molecule has 1 N–H and O–H groups in total. The first-order valence-electron chi connectivity index (χ1n) is 7.85. The SMILES string of the molecule is CC(C)c1ccc(CNCCCN2CCOCC2)cc1.Cl.Cl. The van der Waals surface area contributed by atoms with Gasteiger partial charge >= 0.3 is 0 Å². The van der Waals surface area contributed by atoms with Gasteiger partial charge in [0, 0.05) is 19.6 Å². The van der Waals surface area contributed by atoms with Gasteiger partial charge in [0.05, 0.1) is 13.2 Å². The summed E-state index contributed by atoms with van der Waals surface area (Å²) in [5.74, 6) is 0.616. The average Bonchev–Trinajstić information content (AvgIpc) is 2.48. The summed E-state index contributed by atoms with van der Waals surface area (Å²) in [6.45, 7) is 11.7. The Balaban J connectivity index is 0.00000220. The fraction of sp³-hybridized carbons (Fsp3) is 0.647. The molecule has 0 atom stereocenters. The van der Waals surface area contributed by atoms with Crippen LogP contribution in [0.5, 0.6) is 0 Å². The zero-order valence-electron chi connectivity index (χ0n) is 13.7. The highest BCUT2D eigenvalue weighted by Crippen LogP contribution is 2.14. The van der Waals surface area contributed by atoms with Crippen LogP contribution in [-0.4, -0.2) is 44.3 Å². The van der Waals surface area contributed by atoms with Crippen LogP contribution in [0.4, 0.5) is 0 Å². The third-order valence-corrected chi connectivity index (χ3v) is 3.91. The highest BCUT2D eigenvalue weighted by molar-refractivity contribution is 5.85. The summed E-state index contributed by atoms with van der Waals surface area (Å²) < 4.78 is 5.35. The highest BCUT2D eigenvalue weighted by atomic mass is 35.5. The van der Waals surface area contributed by atoms with Crippen LogP contribution >= 0.6 is 24.8 Å². The molecule has 1 aromatic carbocycles.